The number of hydrogen-bond donors (Lipinski definition) is 1. The molecule has 2 amide bonds. The molecule has 0 spiro atoms. The summed E-state index contributed by atoms with van der Waals surface area (Å²) in [4.78, 5) is 28.2. The van der Waals surface area contributed by atoms with Crippen molar-refractivity contribution < 1.29 is 26.8 Å². The number of carbonyl (C=O) groups is 2. The molecule has 0 aliphatic carbocycles. The molecule has 0 unspecified atom stereocenters. The number of sulfonamides is 1. The number of benzene rings is 2. The molecule has 0 radical (unpaired) electrons. The van der Waals surface area contributed by atoms with E-state index in [1.807, 2.05) is 4.90 Å². The summed E-state index contributed by atoms with van der Waals surface area (Å²) in [6.45, 7) is 1.69. The van der Waals surface area contributed by atoms with Gasteiger partial charge in [0.1, 0.15) is 11.6 Å². The van der Waals surface area contributed by atoms with Crippen molar-refractivity contribution in [3.63, 3.8) is 0 Å². The van der Waals surface area contributed by atoms with Crippen LogP contribution >= 0.6 is 0 Å². The Morgan fingerprint density at radius 2 is 1.47 bits per heavy atom. The van der Waals surface area contributed by atoms with Crippen LogP contribution in [0.2, 0.25) is 0 Å². The molecule has 11 heteroatoms. The Hall–Kier alpha value is -3.05. The topological polar surface area (TPSA) is 90.0 Å². The van der Waals surface area contributed by atoms with Crippen LogP contribution in [0.15, 0.2) is 48.5 Å². The van der Waals surface area contributed by atoms with Crippen molar-refractivity contribution >= 4 is 33.2 Å². The van der Waals surface area contributed by atoms with Gasteiger partial charge in [0.05, 0.1) is 11.7 Å². The third-order valence-corrected chi connectivity index (χ3v) is 7.99. The Morgan fingerprint density at radius 1 is 0.912 bits per heavy atom. The van der Waals surface area contributed by atoms with Gasteiger partial charge in [-0.1, -0.05) is 0 Å². The van der Waals surface area contributed by atoms with E-state index in [0.29, 0.717) is 31.9 Å². The van der Waals surface area contributed by atoms with Crippen molar-refractivity contribution in [2.45, 2.75) is 6.42 Å². The van der Waals surface area contributed by atoms with E-state index < -0.39 is 21.8 Å². The summed E-state index contributed by atoms with van der Waals surface area (Å²) in [7, 11) is -3.56. The fourth-order valence-electron chi connectivity index (χ4n) is 4.21. The van der Waals surface area contributed by atoms with Gasteiger partial charge >= 0.3 is 0 Å². The molecule has 1 atom stereocenters. The quantitative estimate of drug-likeness (QED) is 0.634. The first-order valence-corrected chi connectivity index (χ1v) is 12.7. The second kappa shape index (κ2) is 10.1. The number of carbonyl (C=O) groups excluding carboxylic acids is 2. The van der Waals surface area contributed by atoms with E-state index in [4.69, 9.17) is 0 Å². The summed E-state index contributed by atoms with van der Waals surface area (Å²) >= 11 is 0. The summed E-state index contributed by atoms with van der Waals surface area (Å²) in [5, 5.41) is 2.63. The summed E-state index contributed by atoms with van der Waals surface area (Å²) in [5.74, 6) is -2.19. The van der Waals surface area contributed by atoms with Gasteiger partial charge in [-0.15, -0.1) is 0 Å². The maximum atomic E-state index is 13.1. The smallest absolute Gasteiger partial charge is 0.227 e. The first-order valence-electron chi connectivity index (χ1n) is 11.0. The monoisotopic (exact) mass is 492 g/mol. The highest BCUT2D eigenvalue weighted by molar-refractivity contribution is 7.89. The predicted octanol–water partition coefficient (Wildman–Crippen LogP) is 1.59. The highest BCUT2D eigenvalue weighted by Gasteiger charge is 2.35. The van der Waals surface area contributed by atoms with Crippen molar-refractivity contribution in [3.05, 3.63) is 60.2 Å². The largest absolute Gasteiger partial charge is 0.369 e. The Bertz CT molecular complexity index is 1130. The van der Waals surface area contributed by atoms with E-state index in [1.54, 1.807) is 12.1 Å². The van der Waals surface area contributed by atoms with Crippen molar-refractivity contribution in [1.29, 1.82) is 0 Å². The second-order valence-electron chi connectivity index (χ2n) is 8.35. The number of piperazine rings is 1. The van der Waals surface area contributed by atoms with Gasteiger partial charge in [-0.25, -0.2) is 17.2 Å². The van der Waals surface area contributed by atoms with Gasteiger partial charge in [-0.05, 0) is 48.5 Å². The third-order valence-electron chi connectivity index (χ3n) is 6.12. The Kier molecular flexibility index (Phi) is 7.13. The molecule has 182 valence electrons. The predicted molar refractivity (Wildman–Crippen MR) is 124 cm³/mol. The van der Waals surface area contributed by atoms with Crippen LogP contribution in [0.4, 0.5) is 20.2 Å². The van der Waals surface area contributed by atoms with Crippen LogP contribution in [-0.2, 0) is 19.6 Å². The number of amides is 2. The molecule has 2 aromatic rings. The molecule has 0 aromatic heterocycles. The van der Waals surface area contributed by atoms with Crippen molar-refractivity contribution in [2.24, 2.45) is 5.92 Å². The Labute approximate surface area is 197 Å². The third kappa shape index (κ3) is 5.53. The fourth-order valence-corrected chi connectivity index (χ4v) is 5.54. The van der Waals surface area contributed by atoms with E-state index in [-0.39, 0.29) is 42.9 Å². The molecule has 4 rings (SSSR count). The van der Waals surface area contributed by atoms with Gasteiger partial charge in [-0.3, -0.25) is 9.59 Å². The van der Waals surface area contributed by atoms with Gasteiger partial charge in [0, 0.05) is 57.1 Å². The minimum Gasteiger partial charge on any atom is -0.369 e. The summed E-state index contributed by atoms with van der Waals surface area (Å²) < 4.78 is 53.0. The maximum Gasteiger partial charge on any atom is 0.227 e. The Morgan fingerprint density at radius 3 is 2.06 bits per heavy atom. The SMILES string of the molecule is O=C(NCCS(=O)(=O)N1CCN(c2ccc(F)cc2)CC1)[C@H]1CC(=O)N(c2ccc(F)cc2)C1. The summed E-state index contributed by atoms with van der Waals surface area (Å²) in [5.41, 5.74) is 1.36. The number of hydrogen-bond acceptors (Lipinski definition) is 5. The first-order chi connectivity index (χ1) is 16.2. The minimum atomic E-state index is -3.56. The number of nitrogens with one attached hydrogen (secondary N) is 1. The molecule has 8 nitrogen and oxygen atoms in total. The number of rotatable bonds is 7. The van der Waals surface area contributed by atoms with Crippen molar-refractivity contribution in [2.75, 3.05) is 54.8 Å². The molecule has 1 N–H and O–H groups in total. The number of anilines is 2. The van der Waals surface area contributed by atoms with Crippen molar-refractivity contribution in [3.8, 4) is 0 Å². The molecule has 2 fully saturated rings. The van der Waals surface area contributed by atoms with E-state index in [9.17, 15) is 26.8 Å². The molecule has 2 heterocycles. The van der Waals surface area contributed by atoms with E-state index >= 15 is 0 Å². The highest BCUT2D eigenvalue weighted by Crippen LogP contribution is 2.25. The number of nitrogens with zero attached hydrogens (tertiary/aromatic N) is 3. The minimum absolute atomic E-state index is 0.0152. The molecular weight excluding hydrogens is 466 g/mol. The van der Waals surface area contributed by atoms with Crippen LogP contribution < -0.4 is 15.1 Å². The molecule has 2 saturated heterocycles. The van der Waals surface area contributed by atoms with Crippen LogP contribution in [0.25, 0.3) is 0 Å². The van der Waals surface area contributed by atoms with Crippen LogP contribution in [-0.4, -0.2) is 69.6 Å². The van der Waals surface area contributed by atoms with E-state index in [2.05, 4.69) is 5.32 Å². The van der Waals surface area contributed by atoms with E-state index in [0.717, 1.165) is 5.69 Å². The highest BCUT2D eigenvalue weighted by atomic mass is 32.2. The lowest BCUT2D eigenvalue weighted by molar-refractivity contribution is -0.126. The number of halogens is 2. The van der Waals surface area contributed by atoms with E-state index in [1.165, 1.54) is 45.6 Å². The average molecular weight is 493 g/mol. The molecule has 2 aliphatic rings. The van der Waals surface area contributed by atoms with Gasteiger partial charge in [-0.2, -0.15) is 4.31 Å². The van der Waals surface area contributed by atoms with Gasteiger partial charge in [0.15, 0.2) is 0 Å². The van der Waals surface area contributed by atoms with Crippen LogP contribution in [0.3, 0.4) is 0 Å². The lowest BCUT2D eigenvalue weighted by atomic mass is 10.1. The molecule has 34 heavy (non-hydrogen) atoms. The zero-order valence-corrected chi connectivity index (χ0v) is 19.3. The molecule has 2 aliphatic heterocycles. The zero-order valence-electron chi connectivity index (χ0n) is 18.5. The Balaban J connectivity index is 1.23. The lowest BCUT2D eigenvalue weighted by Gasteiger charge is -2.35. The second-order valence-corrected chi connectivity index (χ2v) is 10.4. The first kappa shape index (κ1) is 24.1. The maximum absolute atomic E-state index is 13.1. The van der Waals surface area contributed by atoms with Gasteiger partial charge in [0.25, 0.3) is 0 Å². The summed E-state index contributed by atoms with van der Waals surface area (Å²) in [6, 6.07) is 11.5. The molecule has 0 bridgehead atoms. The standard InChI is InChI=1S/C23H26F2N4O4S/c24-18-1-5-20(6-2-18)27-10-12-28(13-11-27)34(32,33)14-9-26-23(31)17-15-22(30)29(16-17)21-7-3-19(25)4-8-21/h1-8,17H,9-16H2,(H,26,31)/t17-/m0/s1. The van der Waals surface area contributed by atoms with Gasteiger partial charge < -0.3 is 15.1 Å². The van der Waals surface area contributed by atoms with Crippen LogP contribution in [0.5, 0.6) is 0 Å². The van der Waals surface area contributed by atoms with Gasteiger partial charge in [0.2, 0.25) is 21.8 Å². The molecule has 2 aromatic carbocycles. The lowest BCUT2D eigenvalue weighted by Crippen LogP contribution is -2.50. The zero-order chi connectivity index (χ0) is 24.3. The van der Waals surface area contributed by atoms with Crippen LogP contribution in [0, 0.1) is 17.6 Å². The summed E-state index contributed by atoms with van der Waals surface area (Å²) in [6.07, 6.45) is 0.0152. The average Bonchev–Trinajstić information content (AvgIpc) is 3.22. The van der Waals surface area contributed by atoms with Crippen LogP contribution in [0.1, 0.15) is 6.42 Å². The fraction of sp³-hybridized carbons (Fsp3) is 0.391. The molecular formula is C23H26F2N4O4S. The normalized spacial score (nSPS) is 19.5. The molecule has 0 saturated carbocycles. The van der Waals surface area contributed by atoms with Crippen molar-refractivity contribution in [1.82, 2.24) is 9.62 Å².